The van der Waals surface area contributed by atoms with Crippen LogP contribution in [-0.2, 0) is 23.1 Å². The number of aryl methyl sites for hydroxylation is 1. The molecule has 0 bridgehead atoms. The highest BCUT2D eigenvalue weighted by Crippen LogP contribution is 2.29. The van der Waals surface area contributed by atoms with E-state index >= 15 is 0 Å². The van der Waals surface area contributed by atoms with E-state index in [1.807, 2.05) is 43.3 Å². The first kappa shape index (κ1) is 16.7. The molecule has 2 heterocycles. The second-order valence-electron chi connectivity index (χ2n) is 6.36. The molecule has 2 N–H and O–H groups in total. The Kier molecular flexibility index (Phi) is 3.97. The molecule has 132 valence electrons. The smallest absolute Gasteiger partial charge is 0.243 e. The number of hydrogen-bond acceptors (Lipinski definition) is 5. The van der Waals surface area contributed by atoms with Crippen LogP contribution in [0.15, 0.2) is 59.6 Å². The fourth-order valence-corrected chi connectivity index (χ4v) is 4.40. The number of anilines is 1. The average Bonchev–Trinajstić information content (AvgIpc) is 3.06. The summed E-state index contributed by atoms with van der Waals surface area (Å²) in [5.41, 5.74) is 10.3. The van der Waals surface area contributed by atoms with Gasteiger partial charge in [-0.15, -0.1) is 0 Å². The van der Waals surface area contributed by atoms with Gasteiger partial charge in [-0.1, -0.05) is 42.0 Å². The lowest BCUT2D eigenvalue weighted by Crippen LogP contribution is -2.25. The fraction of sp³-hybridized carbons (Fsp3) is 0.158. The van der Waals surface area contributed by atoms with Crippen LogP contribution in [-0.4, -0.2) is 22.7 Å². The van der Waals surface area contributed by atoms with Gasteiger partial charge in [-0.2, -0.15) is 4.31 Å². The Hall–Kier alpha value is -2.77. The fourth-order valence-electron chi connectivity index (χ4n) is 3.02. The van der Waals surface area contributed by atoms with E-state index in [1.165, 1.54) is 9.87 Å². The van der Waals surface area contributed by atoms with Crippen molar-refractivity contribution in [3.05, 3.63) is 71.5 Å². The normalized spacial score (nSPS) is 14.3. The summed E-state index contributed by atoms with van der Waals surface area (Å²) in [4.78, 5) is 8.33. The van der Waals surface area contributed by atoms with Crippen LogP contribution >= 0.6 is 0 Å². The Morgan fingerprint density at radius 3 is 2.23 bits per heavy atom. The highest BCUT2D eigenvalue weighted by atomic mass is 32.2. The van der Waals surface area contributed by atoms with E-state index in [1.54, 1.807) is 18.3 Å². The first-order valence-corrected chi connectivity index (χ1v) is 9.65. The molecule has 4 rings (SSSR count). The molecule has 0 saturated carbocycles. The molecule has 0 fully saturated rings. The van der Waals surface area contributed by atoms with Gasteiger partial charge in [-0.25, -0.2) is 18.4 Å². The van der Waals surface area contributed by atoms with Gasteiger partial charge in [0.2, 0.25) is 16.0 Å². The molecule has 0 spiro atoms. The number of nitrogens with zero attached hydrogens (tertiary/aromatic N) is 3. The summed E-state index contributed by atoms with van der Waals surface area (Å²) in [6.45, 7) is 2.51. The number of nitrogen functional groups attached to an aromatic ring is 1. The van der Waals surface area contributed by atoms with E-state index < -0.39 is 10.0 Å². The van der Waals surface area contributed by atoms with Crippen molar-refractivity contribution in [2.45, 2.75) is 24.9 Å². The molecule has 7 heteroatoms. The van der Waals surface area contributed by atoms with Gasteiger partial charge in [-0.05, 0) is 30.2 Å². The summed E-state index contributed by atoms with van der Waals surface area (Å²) < 4.78 is 27.2. The predicted molar refractivity (Wildman–Crippen MR) is 99.5 cm³/mol. The Bertz CT molecular complexity index is 1060. The number of aromatic nitrogens is 2. The molecule has 0 atom stereocenters. The minimum Gasteiger partial charge on any atom is -0.368 e. The molecule has 1 aromatic heterocycles. The van der Waals surface area contributed by atoms with E-state index in [0.29, 0.717) is 5.69 Å². The van der Waals surface area contributed by atoms with Gasteiger partial charge in [0, 0.05) is 18.3 Å². The summed E-state index contributed by atoms with van der Waals surface area (Å²) in [5, 5.41) is 0. The summed E-state index contributed by atoms with van der Waals surface area (Å²) in [5.74, 6) is 0.158. The number of nitrogens with two attached hydrogens (primary N) is 1. The highest BCUT2D eigenvalue weighted by molar-refractivity contribution is 7.89. The predicted octanol–water partition coefficient (Wildman–Crippen LogP) is 2.74. The summed E-state index contributed by atoms with van der Waals surface area (Å²) in [6, 6.07) is 15.1. The molecule has 1 aliphatic heterocycles. The number of rotatable bonds is 3. The van der Waals surface area contributed by atoms with E-state index in [2.05, 4.69) is 9.97 Å². The van der Waals surface area contributed by atoms with Crippen molar-refractivity contribution in [2.75, 3.05) is 5.73 Å². The molecule has 3 aromatic rings. The Balaban J connectivity index is 1.60. The van der Waals surface area contributed by atoms with E-state index in [-0.39, 0.29) is 23.9 Å². The van der Waals surface area contributed by atoms with Crippen molar-refractivity contribution in [1.29, 1.82) is 0 Å². The molecule has 1 aliphatic rings. The molecule has 2 aromatic carbocycles. The molecule has 0 amide bonds. The van der Waals surface area contributed by atoms with Crippen molar-refractivity contribution in [3.63, 3.8) is 0 Å². The molecule has 26 heavy (non-hydrogen) atoms. The molecule has 0 aliphatic carbocycles. The van der Waals surface area contributed by atoms with Gasteiger partial charge in [0.05, 0.1) is 17.1 Å². The third kappa shape index (κ3) is 2.95. The average molecular weight is 366 g/mol. The second kappa shape index (κ2) is 6.19. The Morgan fingerprint density at radius 1 is 0.962 bits per heavy atom. The SMILES string of the molecule is Cc1ccc(-c2ccc(S(=O)(=O)N3Cc4cnc(N)nc4C3)cc2)cc1. The number of fused-ring (bicyclic) bond motifs is 1. The first-order chi connectivity index (χ1) is 12.4. The monoisotopic (exact) mass is 366 g/mol. The zero-order valence-corrected chi connectivity index (χ0v) is 15.1. The van der Waals surface area contributed by atoms with Crippen molar-refractivity contribution in [1.82, 2.24) is 14.3 Å². The summed E-state index contributed by atoms with van der Waals surface area (Å²) in [6.07, 6.45) is 1.59. The molecular formula is C19H18N4O2S. The zero-order chi connectivity index (χ0) is 18.3. The summed E-state index contributed by atoms with van der Waals surface area (Å²) >= 11 is 0. The highest BCUT2D eigenvalue weighted by Gasteiger charge is 2.31. The van der Waals surface area contributed by atoms with E-state index in [4.69, 9.17) is 5.73 Å². The molecule has 6 nitrogen and oxygen atoms in total. The van der Waals surface area contributed by atoms with Crippen LogP contribution in [0.1, 0.15) is 16.8 Å². The molecule has 0 saturated heterocycles. The molecular weight excluding hydrogens is 348 g/mol. The molecule has 0 unspecified atom stereocenters. The van der Waals surface area contributed by atoms with Gasteiger partial charge >= 0.3 is 0 Å². The Labute approximate surface area is 152 Å². The number of benzene rings is 2. The maximum absolute atomic E-state index is 12.9. The number of hydrogen-bond donors (Lipinski definition) is 1. The van der Waals surface area contributed by atoms with Crippen molar-refractivity contribution in [3.8, 4) is 11.1 Å². The third-order valence-corrected chi connectivity index (χ3v) is 6.33. The Morgan fingerprint density at radius 2 is 1.58 bits per heavy atom. The van der Waals surface area contributed by atoms with Gasteiger partial charge in [0.15, 0.2) is 0 Å². The standard InChI is InChI=1S/C19H18N4O2S/c1-13-2-4-14(5-3-13)15-6-8-17(9-7-15)26(24,25)23-11-16-10-21-19(20)22-18(16)12-23/h2-10H,11-12H2,1H3,(H2,20,21,22). The maximum atomic E-state index is 12.9. The second-order valence-corrected chi connectivity index (χ2v) is 8.30. The van der Waals surface area contributed by atoms with Crippen molar-refractivity contribution < 1.29 is 8.42 Å². The van der Waals surface area contributed by atoms with Crippen molar-refractivity contribution >= 4 is 16.0 Å². The topological polar surface area (TPSA) is 89.2 Å². The van der Waals surface area contributed by atoms with Crippen LogP contribution in [0, 0.1) is 6.92 Å². The molecule has 0 radical (unpaired) electrons. The lowest BCUT2D eigenvalue weighted by Gasteiger charge is -2.15. The maximum Gasteiger partial charge on any atom is 0.243 e. The van der Waals surface area contributed by atoms with Crippen LogP contribution in [0.5, 0.6) is 0 Å². The van der Waals surface area contributed by atoms with E-state index in [0.717, 1.165) is 16.7 Å². The minimum atomic E-state index is -3.60. The number of sulfonamides is 1. The van der Waals surface area contributed by atoms with Gasteiger partial charge in [0.1, 0.15) is 0 Å². The third-order valence-electron chi connectivity index (χ3n) is 4.52. The summed E-state index contributed by atoms with van der Waals surface area (Å²) in [7, 11) is -3.60. The van der Waals surface area contributed by atoms with Crippen LogP contribution in [0.4, 0.5) is 5.95 Å². The van der Waals surface area contributed by atoms with Gasteiger partial charge in [-0.3, -0.25) is 0 Å². The van der Waals surface area contributed by atoms with Crippen LogP contribution in [0.25, 0.3) is 11.1 Å². The van der Waals surface area contributed by atoms with Crippen LogP contribution in [0.2, 0.25) is 0 Å². The zero-order valence-electron chi connectivity index (χ0n) is 14.3. The largest absolute Gasteiger partial charge is 0.368 e. The van der Waals surface area contributed by atoms with Crippen LogP contribution < -0.4 is 5.73 Å². The quantitative estimate of drug-likeness (QED) is 0.770. The lowest BCUT2D eigenvalue weighted by molar-refractivity contribution is 0.430. The van der Waals surface area contributed by atoms with Crippen LogP contribution in [0.3, 0.4) is 0 Å². The van der Waals surface area contributed by atoms with Gasteiger partial charge in [0.25, 0.3) is 0 Å². The van der Waals surface area contributed by atoms with E-state index in [9.17, 15) is 8.42 Å². The van der Waals surface area contributed by atoms with Crippen molar-refractivity contribution in [2.24, 2.45) is 0 Å². The lowest BCUT2D eigenvalue weighted by atomic mass is 10.0. The minimum absolute atomic E-state index is 0.158. The first-order valence-electron chi connectivity index (χ1n) is 8.21. The van der Waals surface area contributed by atoms with Gasteiger partial charge < -0.3 is 5.73 Å².